The molecular formula is C50H86O4. The van der Waals surface area contributed by atoms with Crippen molar-refractivity contribution in [1.29, 1.82) is 0 Å². The van der Waals surface area contributed by atoms with Gasteiger partial charge in [0.25, 0.3) is 0 Å². The summed E-state index contributed by atoms with van der Waals surface area (Å²) >= 11 is 0. The Kier molecular flexibility index (Phi) is 14.0. The lowest BCUT2D eigenvalue weighted by Crippen LogP contribution is -2.36. The Morgan fingerprint density at radius 1 is 0.500 bits per heavy atom. The third-order valence-electron chi connectivity index (χ3n) is 12.2. The summed E-state index contributed by atoms with van der Waals surface area (Å²) in [6.45, 7) is 47.6. The molecule has 2 aliphatic rings. The van der Waals surface area contributed by atoms with Crippen molar-refractivity contribution in [3.63, 3.8) is 0 Å². The maximum atomic E-state index is 12.3. The third-order valence-corrected chi connectivity index (χ3v) is 12.2. The predicted octanol–water partition coefficient (Wildman–Crippen LogP) is 14.4. The summed E-state index contributed by atoms with van der Waals surface area (Å²) in [6.07, 6.45) is 12.2. The number of phenolic OH excluding ortho intramolecular Hbond substituents is 2. The highest BCUT2D eigenvalue weighted by atomic mass is 16.5. The van der Waals surface area contributed by atoms with Gasteiger partial charge in [-0.3, -0.25) is 0 Å². The van der Waals surface area contributed by atoms with Gasteiger partial charge in [-0.1, -0.05) is 141 Å². The van der Waals surface area contributed by atoms with E-state index in [4.69, 9.17) is 9.47 Å². The Bertz CT molecular complexity index is 1500. The van der Waals surface area contributed by atoms with Gasteiger partial charge in [0, 0.05) is 28.5 Å². The highest BCUT2D eigenvalue weighted by Crippen LogP contribution is 2.55. The number of ether oxygens (including phenoxy) is 2. The number of phenols is 2. The second-order valence-electron chi connectivity index (χ2n) is 24.9. The molecule has 0 fully saturated rings. The van der Waals surface area contributed by atoms with Gasteiger partial charge in [-0.2, -0.15) is 0 Å². The highest BCUT2D eigenvalue weighted by molar-refractivity contribution is 5.61. The molecule has 4 nitrogen and oxygen atoms in total. The van der Waals surface area contributed by atoms with Crippen molar-refractivity contribution in [3.05, 3.63) is 46.1 Å². The third kappa shape index (κ3) is 13.1. The maximum Gasteiger partial charge on any atom is 0.123 e. The standard InChI is InChI=1S/C50H86O4/c1-34-20-22-53-25-36(34)40-39(51)24-38(42(52)41(40)37-26-54-23-21-35(37)2)50(18,19)33-49(16,17)32-48(14,15)31-47(12,13)30-46(10,11)29-45(8,9)28-44(6,7)27-43(3,4)5/h20-21,24,36-37,51-52H,22-23,25-33H2,1-19H3. The molecule has 0 spiro atoms. The molecule has 2 heterocycles. The van der Waals surface area contributed by atoms with Gasteiger partial charge in [0.05, 0.1) is 26.4 Å². The van der Waals surface area contributed by atoms with Crippen molar-refractivity contribution in [2.45, 2.75) is 194 Å². The van der Waals surface area contributed by atoms with E-state index in [9.17, 15) is 10.2 Å². The molecule has 0 radical (unpaired) electrons. The second kappa shape index (κ2) is 16.2. The summed E-state index contributed by atoms with van der Waals surface area (Å²) in [7, 11) is 0. The largest absolute Gasteiger partial charge is 0.508 e. The minimum atomic E-state index is -0.390. The van der Waals surface area contributed by atoms with Crippen LogP contribution < -0.4 is 0 Å². The van der Waals surface area contributed by atoms with Crippen LogP contribution in [0.15, 0.2) is 29.4 Å². The zero-order valence-electron chi connectivity index (χ0n) is 38.9. The molecule has 0 aromatic heterocycles. The van der Waals surface area contributed by atoms with E-state index in [0.717, 1.165) is 36.0 Å². The van der Waals surface area contributed by atoms with Crippen LogP contribution in [0.25, 0.3) is 0 Å². The molecule has 2 aliphatic heterocycles. The van der Waals surface area contributed by atoms with Crippen LogP contribution in [0, 0.1) is 37.9 Å². The molecule has 1 aromatic rings. The van der Waals surface area contributed by atoms with E-state index < -0.39 is 0 Å². The highest BCUT2D eigenvalue weighted by Gasteiger charge is 2.43. The molecule has 4 heteroatoms. The summed E-state index contributed by atoms with van der Waals surface area (Å²) in [5, 5.41) is 24.2. The van der Waals surface area contributed by atoms with Crippen molar-refractivity contribution >= 4 is 0 Å². The Morgan fingerprint density at radius 3 is 1.19 bits per heavy atom. The number of aromatic hydroxyl groups is 2. The van der Waals surface area contributed by atoms with Crippen LogP contribution in [0.3, 0.4) is 0 Å². The molecule has 1 aromatic carbocycles. The molecule has 0 amide bonds. The number of hydrogen-bond acceptors (Lipinski definition) is 4. The van der Waals surface area contributed by atoms with E-state index in [1.54, 1.807) is 0 Å². The number of rotatable bonds is 16. The molecule has 310 valence electrons. The lowest BCUT2D eigenvalue weighted by molar-refractivity contribution is 0.0477. The zero-order valence-corrected chi connectivity index (χ0v) is 38.9. The summed E-state index contributed by atoms with van der Waals surface area (Å²) < 4.78 is 11.8. The first-order valence-electron chi connectivity index (χ1n) is 21.2. The first kappa shape index (κ1) is 46.6. The first-order valence-corrected chi connectivity index (χ1v) is 21.2. The molecular weight excluding hydrogens is 665 g/mol. The predicted molar refractivity (Wildman–Crippen MR) is 232 cm³/mol. The van der Waals surface area contributed by atoms with Gasteiger partial charge in [-0.15, -0.1) is 0 Å². The van der Waals surface area contributed by atoms with Gasteiger partial charge in [-0.25, -0.2) is 0 Å². The van der Waals surface area contributed by atoms with Crippen molar-refractivity contribution < 1.29 is 19.7 Å². The SMILES string of the molecule is CC1=CCOCC1c1c(O)cc(C(C)(C)CC(C)(C)CC(C)(C)CC(C)(C)CC(C)(C)CC(C)(C)CC(C)(C)CC(C)(C)C)c(O)c1C1COCC=C1C. The topological polar surface area (TPSA) is 58.9 Å². The van der Waals surface area contributed by atoms with Gasteiger partial charge >= 0.3 is 0 Å². The van der Waals surface area contributed by atoms with Crippen LogP contribution in [0.1, 0.15) is 205 Å². The average Bonchev–Trinajstić information content (AvgIpc) is 2.89. The van der Waals surface area contributed by atoms with E-state index in [2.05, 4.69) is 144 Å². The van der Waals surface area contributed by atoms with Crippen LogP contribution in [-0.4, -0.2) is 36.6 Å². The summed E-state index contributed by atoms with van der Waals surface area (Å²) in [6, 6.07) is 1.86. The Hall–Kier alpha value is -1.78. The smallest absolute Gasteiger partial charge is 0.123 e. The molecule has 0 aliphatic carbocycles. The fourth-order valence-corrected chi connectivity index (χ4v) is 13.4. The second-order valence-corrected chi connectivity index (χ2v) is 24.9. The molecule has 2 atom stereocenters. The lowest BCUT2D eigenvalue weighted by atomic mass is 9.59. The monoisotopic (exact) mass is 751 g/mol. The summed E-state index contributed by atoms with van der Waals surface area (Å²) in [5.74, 6) is 0.320. The Labute approximate surface area is 334 Å². The zero-order chi connectivity index (χ0) is 41.5. The van der Waals surface area contributed by atoms with Crippen molar-refractivity contribution in [3.8, 4) is 11.5 Å². The maximum absolute atomic E-state index is 12.3. The Morgan fingerprint density at radius 2 is 0.833 bits per heavy atom. The van der Waals surface area contributed by atoms with E-state index >= 15 is 0 Å². The fourth-order valence-electron chi connectivity index (χ4n) is 13.4. The van der Waals surface area contributed by atoms with Crippen LogP contribution in [0.4, 0.5) is 0 Å². The van der Waals surface area contributed by atoms with Crippen molar-refractivity contribution in [1.82, 2.24) is 0 Å². The van der Waals surface area contributed by atoms with Gasteiger partial charge in [0.1, 0.15) is 11.5 Å². The first-order chi connectivity index (χ1) is 24.2. The normalized spacial score (nSPS) is 20.2. The average molecular weight is 751 g/mol. The quantitative estimate of drug-likeness (QED) is 0.130. The molecule has 0 bridgehead atoms. The molecule has 54 heavy (non-hydrogen) atoms. The van der Waals surface area contributed by atoms with Crippen LogP contribution >= 0.6 is 0 Å². The van der Waals surface area contributed by atoms with E-state index in [1.807, 2.05) is 6.07 Å². The number of hydrogen-bond donors (Lipinski definition) is 2. The lowest BCUT2D eigenvalue weighted by Gasteiger charge is -2.47. The van der Waals surface area contributed by atoms with Crippen molar-refractivity contribution in [2.75, 3.05) is 26.4 Å². The van der Waals surface area contributed by atoms with Crippen LogP contribution in [0.5, 0.6) is 11.5 Å². The van der Waals surface area contributed by atoms with Crippen molar-refractivity contribution in [2.24, 2.45) is 37.9 Å². The number of benzene rings is 1. The van der Waals surface area contributed by atoms with E-state index in [-0.39, 0.29) is 50.1 Å². The Balaban J connectivity index is 1.84. The molecule has 2 unspecified atom stereocenters. The summed E-state index contributed by atoms with van der Waals surface area (Å²) in [4.78, 5) is 0. The van der Waals surface area contributed by atoms with Gasteiger partial charge in [0.2, 0.25) is 0 Å². The minimum Gasteiger partial charge on any atom is -0.508 e. The molecule has 0 saturated carbocycles. The summed E-state index contributed by atoms with van der Waals surface area (Å²) in [5.41, 5.74) is 5.81. The molecule has 3 rings (SSSR count). The van der Waals surface area contributed by atoms with E-state index in [0.29, 0.717) is 43.0 Å². The minimum absolute atomic E-state index is 0.0135. The van der Waals surface area contributed by atoms with E-state index in [1.165, 1.54) is 36.8 Å². The van der Waals surface area contributed by atoms with Gasteiger partial charge < -0.3 is 19.7 Å². The van der Waals surface area contributed by atoms with Crippen LogP contribution in [0.2, 0.25) is 0 Å². The fraction of sp³-hybridized carbons (Fsp3) is 0.800. The van der Waals surface area contributed by atoms with Gasteiger partial charge in [0.15, 0.2) is 0 Å². The molecule has 2 N–H and O–H groups in total. The van der Waals surface area contributed by atoms with Crippen LogP contribution in [-0.2, 0) is 14.9 Å². The van der Waals surface area contributed by atoms with Gasteiger partial charge in [-0.05, 0) is 108 Å². The molecule has 0 saturated heterocycles.